The van der Waals surface area contributed by atoms with Gasteiger partial charge in [-0.1, -0.05) is 12.1 Å². The van der Waals surface area contributed by atoms with Gasteiger partial charge in [-0.2, -0.15) is 0 Å². The summed E-state index contributed by atoms with van der Waals surface area (Å²) in [6.07, 6.45) is 0.249. The van der Waals surface area contributed by atoms with Gasteiger partial charge in [-0.15, -0.1) is 11.3 Å². The second-order valence-corrected chi connectivity index (χ2v) is 4.83. The van der Waals surface area contributed by atoms with Gasteiger partial charge in [0, 0.05) is 19.0 Å². The molecule has 2 N–H and O–H groups in total. The van der Waals surface area contributed by atoms with Crippen LogP contribution in [0.15, 0.2) is 29.6 Å². The van der Waals surface area contributed by atoms with Crippen LogP contribution in [0.25, 0.3) is 0 Å². The zero-order chi connectivity index (χ0) is 13.7. The highest BCUT2D eigenvalue weighted by Gasteiger charge is 2.07. The minimum absolute atomic E-state index is 0.0997. The topological polar surface area (TPSA) is 54.0 Å². The normalized spacial score (nSPS) is 10.2. The first-order valence-corrected chi connectivity index (χ1v) is 6.68. The summed E-state index contributed by atoms with van der Waals surface area (Å²) in [5, 5.41) is 8.34. The molecule has 0 unspecified atom stereocenters. The van der Waals surface area contributed by atoms with E-state index >= 15 is 0 Å². The lowest BCUT2D eigenvalue weighted by Crippen LogP contribution is -2.24. The van der Waals surface area contributed by atoms with Crippen molar-refractivity contribution in [1.82, 2.24) is 10.3 Å². The van der Waals surface area contributed by atoms with Crippen molar-refractivity contribution in [3.8, 4) is 0 Å². The maximum atomic E-state index is 12.7. The molecule has 0 saturated heterocycles. The fraction of sp³-hybridized carbons (Fsp3) is 0.231. The lowest BCUT2D eigenvalue weighted by molar-refractivity contribution is -0.120. The van der Waals surface area contributed by atoms with Crippen LogP contribution in [0.1, 0.15) is 11.3 Å². The summed E-state index contributed by atoms with van der Waals surface area (Å²) in [7, 11) is 1.79. The molecule has 1 aromatic carbocycles. The average Bonchev–Trinajstić information content (AvgIpc) is 2.86. The van der Waals surface area contributed by atoms with Gasteiger partial charge in [0.2, 0.25) is 5.91 Å². The summed E-state index contributed by atoms with van der Waals surface area (Å²) in [6.45, 7) is 0.391. The van der Waals surface area contributed by atoms with Crippen LogP contribution in [0.3, 0.4) is 0 Å². The predicted octanol–water partition coefficient (Wildman–Crippen LogP) is 2.18. The summed E-state index contributed by atoms with van der Waals surface area (Å²) < 4.78 is 12.7. The summed E-state index contributed by atoms with van der Waals surface area (Å²) in [4.78, 5) is 15.9. The molecule has 1 aromatic heterocycles. The first kappa shape index (κ1) is 13.5. The summed E-state index contributed by atoms with van der Waals surface area (Å²) in [5.74, 6) is -0.380. The summed E-state index contributed by atoms with van der Waals surface area (Å²) >= 11 is 1.46. The monoisotopic (exact) mass is 279 g/mol. The highest BCUT2D eigenvalue weighted by atomic mass is 32.1. The quantitative estimate of drug-likeness (QED) is 0.882. The number of nitrogens with one attached hydrogen (secondary N) is 2. The van der Waals surface area contributed by atoms with Crippen LogP contribution in [0.4, 0.5) is 9.52 Å². The van der Waals surface area contributed by atoms with Crippen LogP contribution in [0.5, 0.6) is 0 Å². The van der Waals surface area contributed by atoms with Crippen molar-refractivity contribution in [2.24, 2.45) is 0 Å². The van der Waals surface area contributed by atoms with E-state index in [0.717, 1.165) is 16.4 Å². The minimum Gasteiger partial charge on any atom is -0.365 e. The third kappa shape index (κ3) is 4.03. The third-order valence-corrected chi connectivity index (χ3v) is 3.42. The van der Waals surface area contributed by atoms with E-state index < -0.39 is 0 Å². The highest BCUT2D eigenvalue weighted by Crippen LogP contribution is 2.14. The Morgan fingerprint density at radius 2 is 2.11 bits per heavy atom. The van der Waals surface area contributed by atoms with Crippen LogP contribution in [-0.2, 0) is 17.8 Å². The molecule has 1 amide bonds. The molecule has 0 fully saturated rings. The standard InChI is InChI=1S/C13H14FN3OS/c1-15-13-17-11(8-19-13)6-12(18)16-7-9-2-4-10(14)5-3-9/h2-5,8H,6-7H2,1H3,(H,15,17)(H,16,18). The number of rotatable bonds is 5. The van der Waals surface area contributed by atoms with Crippen LogP contribution >= 0.6 is 11.3 Å². The lowest BCUT2D eigenvalue weighted by atomic mass is 10.2. The fourth-order valence-electron chi connectivity index (χ4n) is 1.53. The molecule has 2 aromatic rings. The molecule has 0 atom stereocenters. The first-order valence-electron chi connectivity index (χ1n) is 5.80. The Hall–Kier alpha value is -1.95. The maximum Gasteiger partial charge on any atom is 0.226 e. The smallest absolute Gasteiger partial charge is 0.226 e. The zero-order valence-corrected chi connectivity index (χ0v) is 11.3. The number of nitrogens with zero attached hydrogens (tertiary/aromatic N) is 1. The molecule has 4 nitrogen and oxygen atoms in total. The molecule has 100 valence electrons. The molecular weight excluding hydrogens is 265 g/mol. The van der Waals surface area contributed by atoms with Gasteiger partial charge >= 0.3 is 0 Å². The fourth-order valence-corrected chi connectivity index (χ4v) is 2.20. The number of carbonyl (C=O) groups excluding carboxylic acids is 1. The molecule has 1 heterocycles. The van der Waals surface area contributed by atoms with E-state index in [1.807, 2.05) is 5.38 Å². The number of halogens is 1. The first-order chi connectivity index (χ1) is 9.17. The van der Waals surface area contributed by atoms with E-state index in [0.29, 0.717) is 6.54 Å². The molecule has 0 radical (unpaired) electrons. The van der Waals surface area contributed by atoms with Crippen LogP contribution in [0.2, 0.25) is 0 Å². The number of aromatic nitrogens is 1. The van der Waals surface area contributed by atoms with E-state index in [9.17, 15) is 9.18 Å². The Bertz CT molecular complexity index is 553. The van der Waals surface area contributed by atoms with Gasteiger partial charge in [0.15, 0.2) is 5.13 Å². The molecule has 2 rings (SSSR count). The average molecular weight is 279 g/mol. The maximum absolute atomic E-state index is 12.7. The SMILES string of the molecule is CNc1nc(CC(=O)NCc2ccc(F)cc2)cs1. The van der Waals surface area contributed by atoms with Crippen LogP contribution in [-0.4, -0.2) is 17.9 Å². The number of hydrogen-bond acceptors (Lipinski definition) is 4. The van der Waals surface area contributed by atoms with E-state index in [2.05, 4.69) is 15.6 Å². The summed E-state index contributed by atoms with van der Waals surface area (Å²) in [5.41, 5.74) is 1.61. The van der Waals surface area contributed by atoms with Gasteiger partial charge in [-0.05, 0) is 17.7 Å². The third-order valence-electron chi connectivity index (χ3n) is 2.51. The molecule has 6 heteroatoms. The van der Waals surface area contributed by atoms with Gasteiger partial charge in [0.25, 0.3) is 0 Å². The predicted molar refractivity (Wildman–Crippen MR) is 73.6 cm³/mol. The second-order valence-electron chi connectivity index (χ2n) is 3.97. The number of hydrogen-bond donors (Lipinski definition) is 2. The van der Waals surface area contributed by atoms with Gasteiger partial charge < -0.3 is 10.6 Å². The lowest BCUT2D eigenvalue weighted by Gasteiger charge is -2.04. The molecule has 0 aliphatic carbocycles. The van der Waals surface area contributed by atoms with Crippen molar-refractivity contribution >= 4 is 22.4 Å². The number of benzene rings is 1. The molecule has 0 bridgehead atoms. The van der Waals surface area contributed by atoms with Crippen LogP contribution < -0.4 is 10.6 Å². The van der Waals surface area contributed by atoms with Crippen molar-refractivity contribution in [1.29, 1.82) is 0 Å². The molecular formula is C13H14FN3OS. The number of thiazole rings is 1. The Labute approximate surface area is 114 Å². The van der Waals surface area contributed by atoms with Crippen LogP contribution in [0, 0.1) is 5.82 Å². The molecule has 0 spiro atoms. The van der Waals surface area contributed by atoms with E-state index in [1.54, 1.807) is 19.2 Å². The van der Waals surface area contributed by atoms with Crippen molar-refractivity contribution in [3.63, 3.8) is 0 Å². The second kappa shape index (κ2) is 6.29. The van der Waals surface area contributed by atoms with Crippen molar-refractivity contribution in [3.05, 3.63) is 46.7 Å². The van der Waals surface area contributed by atoms with Crippen molar-refractivity contribution in [2.75, 3.05) is 12.4 Å². The number of amides is 1. The minimum atomic E-state index is -0.280. The molecule has 0 aliphatic rings. The Morgan fingerprint density at radius 1 is 1.37 bits per heavy atom. The molecule has 0 saturated carbocycles. The molecule has 0 aliphatic heterocycles. The highest BCUT2D eigenvalue weighted by molar-refractivity contribution is 7.13. The Morgan fingerprint density at radius 3 is 2.74 bits per heavy atom. The Kier molecular flexibility index (Phi) is 4.46. The largest absolute Gasteiger partial charge is 0.365 e. The number of carbonyl (C=O) groups is 1. The van der Waals surface area contributed by atoms with Crippen molar-refractivity contribution in [2.45, 2.75) is 13.0 Å². The van der Waals surface area contributed by atoms with Gasteiger partial charge in [0.1, 0.15) is 5.82 Å². The molecule has 19 heavy (non-hydrogen) atoms. The van der Waals surface area contributed by atoms with Crippen molar-refractivity contribution < 1.29 is 9.18 Å². The van der Waals surface area contributed by atoms with E-state index in [1.165, 1.54) is 23.5 Å². The van der Waals surface area contributed by atoms with E-state index in [-0.39, 0.29) is 18.1 Å². The Balaban J connectivity index is 1.82. The summed E-state index contributed by atoms with van der Waals surface area (Å²) in [6, 6.07) is 6.05. The van der Waals surface area contributed by atoms with Gasteiger partial charge in [0.05, 0.1) is 12.1 Å². The van der Waals surface area contributed by atoms with E-state index in [4.69, 9.17) is 0 Å². The number of anilines is 1. The van der Waals surface area contributed by atoms with Gasteiger partial charge in [-0.25, -0.2) is 9.37 Å². The zero-order valence-electron chi connectivity index (χ0n) is 10.4. The van der Waals surface area contributed by atoms with Gasteiger partial charge in [-0.3, -0.25) is 4.79 Å².